The smallest absolute Gasteiger partial charge is 0.0722 e. The molecule has 0 spiro atoms. The fourth-order valence-corrected chi connectivity index (χ4v) is 4.53. The lowest BCUT2D eigenvalue weighted by Crippen LogP contribution is -1.88. The average molecular weight is 381 g/mol. The van der Waals surface area contributed by atoms with Crippen molar-refractivity contribution in [3.8, 4) is 44.6 Å². The van der Waals surface area contributed by atoms with E-state index in [4.69, 9.17) is 4.98 Å². The zero-order chi connectivity index (χ0) is 20.1. The van der Waals surface area contributed by atoms with E-state index in [1.165, 1.54) is 38.8 Å². The van der Waals surface area contributed by atoms with Crippen molar-refractivity contribution in [3.63, 3.8) is 0 Å². The summed E-state index contributed by atoms with van der Waals surface area (Å²) in [7, 11) is 0. The number of rotatable bonds is 3. The number of pyridine rings is 1. The minimum absolute atomic E-state index is 1.01. The van der Waals surface area contributed by atoms with E-state index in [0.29, 0.717) is 0 Å². The van der Waals surface area contributed by atoms with Crippen molar-refractivity contribution in [1.82, 2.24) is 4.98 Å². The number of benzene rings is 4. The molecule has 0 fully saturated rings. The van der Waals surface area contributed by atoms with Crippen LogP contribution >= 0.6 is 0 Å². The fraction of sp³-hybridized carbons (Fsp3) is 0. The highest BCUT2D eigenvalue weighted by Gasteiger charge is 2.22. The summed E-state index contributed by atoms with van der Waals surface area (Å²) in [6.07, 6.45) is 1.88. The van der Waals surface area contributed by atoms with E-state index in [1.807, 2.05) is 6.08 Å². The highest BCUT2D eigenvalue weighted by molar-refractivity contribution is 6.14. The molecule has 30 heavy (non-hydrogen) atoms. The third kappa shape index (κ3) is 2.53. The van der Waals surface area contributed by atoms with Crippen molar-refractivity contribution in [2.75, 3.05) is 0 Å². The Morgan fingerprint density at radius 3 is 2.07 bits per heavy atom. The van der Waals surface area contributed by atoms with Gasteiger partial charge >= 0.3 is 0 Å². The molecule has 0 atom stereocenters. The van der Waals surface area contributed by atoms with Gasteiger partial charge in [0, 0.05) is 10.9 Å². The number of nitrogens with zero attached hydrogens (tertiary/aromatic N) is 1. The summed E-state index contributed by atoms with van der Waals surface area (Å²) in [4.78, 5) is 5.04. The van der Waals surface area contributed by atoms with Gasteiger partial charge in [0.05, 0.1) is 11.2 Å². The predicted octanol–water partition coefficient (Wildman–Crippen LogP) is 7.86. The van der Waals surface area contributed by atoms with Crippen molar-refractivity contribution in [2.45, 2.75) is 0 Å². The van der Waals surface area contributed by atoms with E-state index >= 15 is 0 Å². The SMILES string of the molecule is C=Cc1cccc(-c2cccc(-c3cc4c5c(cccc5n3)-c3ccccc3-4)c2)c1. The van der Waals surface area contributed by atoms with Crippen molar-refractivity contribution < 1.29 is 0 Å². The van der Waals surface area contributed by atoms with Gasteiger partial charge in [-0.3, -0.25) is 0 Å². The molecule has 1 aliphatic carbocycles. The second kappa shape index (κ2) is 6.53. The third-order valence-electron chi connectivity index (χ3n) is 5.96. The van der Waals surface area contributed by atoms with Crippen molar-refractivity contribution in [1.29, 1.82) is 0 Å². The van der Waals surface area contributed by atoms with Crippen molar-refractivity contribution >= 4 is 17.0 Å². The molecule has 4 aromatic carbocycles. The van der Waals surface area contributed by atoms with Crippen LogP contribution in [0.5, 0.6) is 0 Å². The quantitative estimate of drug-likeness (QED) is 0.304. The maximum Gasteiger partial charge on any atom is 0.0722 e. The Morgan fingerprint density at radius 2 is 1.23 bits per heavy atom. The normalized spacial score (nSPS) is 11.5. The van der Waals surface area contributed by atoms with Crippen LogP contribution in [0.4, 0.5) is 0 Å². The standard InChI is InChI=1S/C29H19N/c1-2-19-8-5-9-20(16-19)21-10-6-11-22(17-21)28-18-26-24-13-4-3-12-23(24)25-14-7-15-27(30-28)29(25)26/h2-18H,1H2. The zero-order valence-corrected chi connectivity index (χ0v) is 16.5. The van der Waals surface area contributed by atoms with Crippen LogP contribution in [0.1, 0.15) is 5.56 Å². The summed E-state index contributed by atoms with van der Waals surface area (Å²) < 4.78 is 0. The van der Waals surface area contributed by atoms with Crippen LogP contribution in [0.25, 0.3) is 61.6 Å². The van der Waals surface area contributed by atoms with E-state index < -0.39 is 0 Å². The lowest BCUT2D eigenvalue weighted by atomic mass is 9.98. The molecule has 1 heterocycles. The van der Waals surface area contributed by atoms with Gasteiger partial charge in [0.25, 0.3) is 0 Å². The van der Waals surface area contributed by atoms with Gasteiger partial charge in [0.1, 0.15) is 0 Å². The summed E-state index contributed by atoms with van der Waals surface area (Å²) in [5.41, 5.74) is 11.8. The van der Waals surface area contributed by atoms with E-state index in [9.17, 15) is 0 Å². The predicted molar refractivity (Wildman–Crippen MR) is 127 cm³/mol. The van der Waals surface area contributed by atoms with Crippen LogP contribution in [-0.2, 0) is 0 Å². The number of hydrogen-bond acceptors (Lipinski definition) is 1. The van der Waals surface area contributed by atoms with Crippen LogP contribution in [0.2, 0.25) is 0 Å². The van der Waals surface area contributed by atoms with Crippen LogP contribution in [-0.4, -0.2) is 4.98 Å². The number of fused-ring (bicyclic) bond motifs is 3. The first-order chi connectivity index (χ1) is 14.8. The first-order valence-electron chi connectivity index (χ1n) is 10.2. The maximum atomic E-state index is 5.04. The zero-order valence-electron chi connectivity index (χ0n) is 16.5. The summed E-state index contributed by atoms with van der Waals surface area (Å²) in [6.45, 7) is 3.89. The van der Waals surface area contributed by atoms with Crippen molar-refractivity contribution in [3.05, 3.63) is 109 Å². The lowest BCUT2D eigenvalue weighted by molar-refractivity contribution is 1.40. The molecular weight excluding hydrogens is 362 g/mol. The third-order valence-corrected chi connectivity index (χ3v) is 5.96. The molecule has 0 saturated heterocycles. The van der Waals surface area contributed by atoms with Gasteiger partial charge in [0.15, 0.2) is 0 Å². The van der Waals surface area contributed by atoms with Gasteiger partial charge in [-0.05, 0) is 63.2 Å². The number of aromatic nitrogens is 1. The molecule has 0 aliphatic heterocycles. The van der Waals surface area contributed by atoms with Crippen LogP contribution in [0.3, 0.4) is 0 Å². The topological polar surface area (TPSA) is 12.9 Å². The van der Waals surface area contributed by atoms with Crippen LogP contribution in [0.15, 0.2) is 104 Å². The molecule has 1 aromatic heterocycles. The molecule has 0 unspecified atom stereocenters. The van der Waals surface area contributed by atoms with E-state index in [0.717, 1.165) is 22.3 Å². The second-order valence-electron chi connectivity index (χ2n) is 7.71. The molecule has 1 heteroatoms. The maximum absolute atomic E-state index is 5.04. The highest BCUT2D eigenvalue weighted by atomic mass is 14.7. The largest absolute Gasteiger partial charge is 0.248 e. The molecule has 0 saturated carbocycles. The van der Waals surface area contributed by atoms with Crippen molar-refractivity contribution in [2.24, 2.45) is 0 Å². The Labute approximate surface area is 176 Å². The minimum atomic E-state index is 1.01. The Kier molecular flexibility index (Phi) is 3.69. The molecule has 5 aromatic rings. The summed E-state index contributed by atoms with van der Waals surface area (Å²) in [5, 5.41) is 1.26. The molecule has 140 valence electrons. The average Bonchev–Trinajstić information content (AvgIpc) is 3.15. The summed E-state index contributed by atoms with van der Waals surface area (Å²) >= 11 is 0. The Bertz CT molecular complexity index is 1460. The molecule has 0 bridgehead atoms. The Morgan fingerprint density at radius 1 is 0.567 bits per heavy atom. The molecule has 0 amide bonds. The van der Waals surface area contributed by atoms with Crippen LogP contribution < -0.4 is 0 Å². The molecule has 1 nitrogen and oxygen atoms in total. The Balaban J connectivity index is 1.54. The fourth-order valence-electron chi connectivity index (χ4n) is 4.53. The number of hydrogen-bond donors (Lipinski definition) is 0. The van der Waals surface area contributed by atoms with E-state index in [2.05, 4.69) is 104 Å². The molecular formula is C29H19N. The first kappa shape index (κ1) is 16.9. The lowest BCUT2D eigenvalue weighted by Gasteiger charge is -2.09. The van der Waals surface area contributed by atoms with Gasteiger partial charge in [-0.2, -0.15) is 0 Å². The summed E-state index contributed by atoms with van der Waals surface area (Å²) in [5.74, 6) is 0. The Hall–Kier alpha value is -3.97. The van der Waals surface area contributed by atoms with Crippen LogP contribution in [0, 0.1) is 0 Å². The van der Waals surface area contributed by atoms with Gasteiger partial charge in [0.2, 0.25) is 0 Å². The molecule has 6 rings (SSSR count). The second-order valence-corrected chi connectivity index (χ2v) is 7.71. The van der Waals surface area contributed by atoms with Gasteiger partial charge < -0.3 is 0 Å². The highest BCUT2D eigenvalue weighted by Crippen LogP contribution is 2.47. The summed E-state index contributed by atoms with van der Waals surface area (Å²) in [6, 6.07) is 34.4. The van der Waals surface area contributed by atoms with Gasteiger partial charge in [-0.1, -0.05) is 85.5 Å². The molecule has 1 aliphatic rings. The molecule has 0 radical (unpaired) electrons. The first-order valence-corrected chi connectivity index (χ1v) is 10.2. The molecule has 0 N–H and O–H groups in total. The van der Waals surface area contributed by atoms with E-state index in [-0.39, 0.29) is 0 Å². The van der Waals surface area contributed by atoms with Gasteiger partial charge in [-0.25, -0.2) is 4.98 Å². The van der Waals surface area contributed by atoms with E-state index in [1.54, 1.807) is 0 Å². The monoisotopic (exact) mass is 381 g/mol. The minimum Gasteiger partial charge on any atom is -0.248 e. The van der Waals surface area contributed by atoms with Gasteiger partial charge in [-0.15, -0.1) is 0 Å².